The first-order chi connectivity index (χ1) is 12.4. The highest BCUT2D eigenvalue weighted by molar-refractivity contribution is 5.91. The molecule has 0 aliphatic carbocycles. The number of amides is 1. The van der Waals surface area contributed by atoms with Crippen LogP contribution in [0.2, 0.25) is 0 Å². The minimum Gasteiger partial charge on any atom is -0.497 e. The van der Waals surface area contributed by atoms with E-state index in [0.717, 1.165) is 17.0 Å². The molecule has 1 unspecified atom stereocenters. The Balaban J connectivity index is 1.82. The second-order valence-electron chi connectivity index (χ2n) is 7.66. The molecule has 1 saturated heterocycles. The SMILES string of the molecule is COc1cccc(/C=C/C23NC(=O)CN2c2ccc(C)cc2C3(C)C)c1. The average Bonchev–Trinajstić information content (AvgIpc) is 3.05. The molecule has 4 nitrogen and oxygen atoms in total. The summed E-state index contributed by atoms with van der Waals surface area (Å²) in [4.78, 5) is 14.5. The van der Waals surface area contributed by atoms with Gasteiger partial charge in [-0.25, -0.2) is 0 Å². The Morgan fingerprint density at radius 1 is 1.19 bits per heavy atom. The first kappa shape index (κ1) is 16.7. The van der Waals surface area contributed by atoms with E-state index in [-0.39, 0.29) is 11.3 Å². The Labute approximate surface area is 154 Å². The maximum atomic E-state index is 12.3. The maximum Gasteiger partial charge on any atom is 0.241 e. The lowest BCUT2D eigenvalue weighted by Gasteiger charge is -2.40. The molecular weight excluding hydrogens is 324 g/mol. The van der Waals surface area contributed by atoms with E-state index in [2.05, 4.69) is 61.3 Å². The molecule has 2 aliphatic heterocycles. The monoisotopic (exact) mass is 348 g/mol. The number of benzene rings is 2. The molecule has 2 heterocycles. The number of methoxy groups -OCH3 is 1. The molecule has 1 amide bonds. The summed E-state index contributed by atoms with van der Waals surface area (Å²) >= 11 is 0. The lowest BCUT2D eigenvalue weighted by Crippen LogP contribution is -2.58. The van der Waals surface area contributed by atoms with E-state index < -0.39 is 5.66 Å². The number of aryl methyl sites for hydroxylation is 1. The van der Waals surface area contributed by atoms with Crippen LogP contribution in [-0.2, 0) is 10.2 Å². The van der Waals surface area contributed by atoms with Crippen LogP contribution in [0.15, 0.2) is 48.5 Å². The molecule has 0 spiro atoms. The minimum atomic E-state index is -0.566. The van der Waals surface area contributed by atoms with E-state index in [4.69, 9.17) is 4.74 Å². The molecule has 0 aromatic heterocycles. The van der Waals surface area contributed by atoms with Gasteiger partial charge in [0.05, 0.1) is 13.7 Å². The maximum absolute atomic E-state index is 12.3. The van der Waals surface area contributed by atoms with Crippen molar-refractivity contribution in [2.24, 2.45) is 0 Å². The number of ether oxygens (including phenoxy) is 1. The van der Waals surface area contributed by atoms with Crippen molar-refractivity contribution >= 4 is 17.7 Å². The van der Waals surface area contributed by atoms with Crippen molar-refractivity contribution in [3.05, 3.63) is 65.2 Å². The largest absolute Gasteiger partial charge is 0.497 e. The summed E-state index contributed by atoms with van der Waals surface area (Å²) < 4.78 is 5.32. The molecule has 4 rings (SSSR count). The number of fused-ring (bicyclic) bond motifs is 3. The van der Waals surface area contributed by atoms with Crippen molar-refractivity contribution in [3.8, 4) is 5.75 Å². The van der Waals surface area contributed by atoms with Gasteiger partial charge in [-0.2, -0.15) is 0 Å². The Bertz CT molecular complexity index is 916. The molecule has 0 bridgehead atoms. The third-order valence-electron chi connectivity index (χ3n) is 5.74. The van der Waals surface area contributed by atoms with Crippen LogP contribution in [0.3, 0.4) is 0 Å². The summed E-state index contributed by atoms with van der Waals surface area (Å²) in [5.74, 6) is 0.876. The van der Waals surface area contributed by atoms with E-state index in [1.54, 1.807) is 7.11 Å². The molecule has 1 atom stereocenters. The Hall–Kier alpha value is -2.75. The zero-order chi connectivity index (χ0) is 18.5. The zero-order valence-electron chi connectivity index (χ0n) is 15.7. The third-order valence-corrected chi connectivity index (χ3v) is 5.74. The van der Waals surface area contributed by atoms with Crippen molar-refractivity contribution in [2.45, 2.75) is 31.8 Å². The number of hydrogen-bond acceptors (Lipinski definition) is 3. The molecule has 1 N–H and O–H groups in total. The number of carbonyl (C=O) groups excluding carboxylic acids is 1. The van der Waals surface area contributed by atoms with Crippen molar-refractivity contribution in [2.75, 3.05) is 18.6 Å². The van der Waals surface area contributed by atoms with E-state index >= 15 is 0 Å². The first-order valence-corrected chi connectivity index (χ1v) is 8.90. The molecule has 26 heavy (non-hydrogen) atoms. The number of carbonyl (C=O) groups is 1. The summed E-state index contributed by atoms with van der Waals surface area (Å²) in [5, 5.41) is 3.25. The Morgan fingerprint density at radius 2 is 2.00 bits per heavy atom. The predicted molar refractivity (Wildman–Crippen MR) is 104 cm³/mol. The van der Waals surface area contributed by atoms with Gasteiger partial charge in [0.15, 0.2) is 0 Å². The fraction of sp³-hybridized carbons (Fsp3) is 0.318. The highest BCUT2D eigenvalue weighted by Gasteiger charge is 2.59. The van der Waals surface area contributed by atoms with Crippen molar-refractivity contribution in [3.63, 3.8) is 0 Å². The van der Waals surface area contributed by atoms with Gasteiger partial charge in [-0.3, -0.25) is 4.79 Å². The number of nitrogens with zero attached hydrogens (tertiary/aromatic N) is 1. The standard InChI is InChI=1S/C22H24N2O2/c1-15-8-9-19-18(12-15)21(2,3)22(23-20(25)14-24(19)22)11-10-16-6-5-7-17(13-16)26-4/h5-13H,14H2,1-4H3,(H,23,25)/b11-10+. The van der Waals surface area contributed by atoms with Gasteiger partial charge in [0.25, 0.3) is 0 Å². The molecule has 134 valence electrons. The molecule has 1 fully saturated rings. The van der Waals surface area contributed by atoms with E-state index in [1.165, 1.54) is 11.1 Å². The van der Waals surface area contributed by atoms with Crippen LogP contribution in [-0.4, -0.2) is 25.2 Å². The summed E-state index contributed by atoms with van der Waals surface area (Å²) in [7, 11) is 1.67. The Morgan fingerprint density at radius 3 is 2.77 bits per heavy atom. The lowest BCUT2D eigenvalue weighted by molar-refractivity contribution is -0.118. The van der Waals surface area contributed by atoms with Crippen LogP contribution in [0.1, 0.15) is 30.5 Å². The van der Waals surface area contributed by atoms with Crippen LogP contribution in [0.5, 0.6) is 5.75 Å². The van der Waals surface area contributed by atoms with Gasteiger partial charge in [0.2, 0.25) is 5.91 Å². The highest BCUT2D eigenvalue weighted by Crippen LogP contribution is 2.53. The predicted octanol–water partition coefficient (Wildman–Crippen LogP) is 3.64. The third kappa shape index (κ3) is 2.25. The van der Waals surface area contributed by atoms with Crippen molar-refractivity contribution in [1.82, 2.24) is 5.32 Å². The fourth-order valence-corrected chi connectivity index (χ4v) is 4.25. The van der Waals surface area contributed by atoms with Gasteiger partial charge in [0, 0.05) is 11.1 Å². The van der Waals surface area contributed by atoms with Crippen molar-refractivity contribution in [1.29, 1.82) is 0 Å². The second kappa shape index (κ2) is 5.63. The normalized spacial score (nSPS) is 23.1. The molecule has 4 heteroatoms. The second-order valence-corrected chi connectivity index (χ2v) is 7.66. The molecule has 2 aromatic carbocycles. The lowest BCUT2D eigenvalue weighted by atomic mass is 9.75. The van der Waals surface area contributed by atoms with E-state index in [1.807, 2.05) is 24.3 Å². The van der Waals surface area contributed by atoms with Gasteiger partial charge in [-0.05, 0) is 42.3 Å². The van der Waals surface area contributed by atoms with Crippen molar-refractivity contribution < 1.29 is 9.53 Å². The molecule has 0 radical (unpaired) electrons. The van der Waals surface area contributed by atoms with Crippen LogP contribution in [0.25, 0.3) is 6.08 Å². The quantitative estimate of drug-likeness (QED) is 0.921. The van der Waals surface area contributed by atoms with E-state index in [0.29, 0.717) is 6.54 Å². The van der Waals surface area contributed by atoms with Gasteiger partial charge < -0.3 is 15.0 Å². The van der Waals surface area contributed by atoms with E-state index in [9.17, 15) is 4.79 Å². The minimum absolute atomic E-state index is 0.0552. The van der Waals surface area contributed by atoms with Gasteiger partial charge in [-0.15, -0.1) is 0 Å². The summed E-state index contributed by atoms with van der Waals surface area (Å²) in [6, 6.07) is 14.4. The first-order valence-electron chi connectivity index (χ1n) is 8.90. The smallest absolute Gasteiger partial charge is 0.241 e. The summed E-state index contributed by atoms with van der Waals surface area (Å²) in [5.41, 5.74) is 3.86. The van der Waals surface area contributed by atoms with Gasteiger partial charge in [0.1, 0.15) is 11.4 Å². The van der Waals surface area contributed by atoms with Gasteiger partial charge >= 0.3 is 0 Å². The molecular formula is C22H24N2O2. The molecule has 2 aromatic rings. The number of anilines is 1. The molecule has 2 aliphatic rings. The Kier molecular flexibility index (Phi) is 3.62. The number of nitrogens with one attached hydrogen (secondary N) is 1. The average molecular weight is 348 g/mol. The highest BCUT2D eigenvalue weighted by atomic mass is 16.5. The van der Waals surface area contributed by atoms with Crippen LogP contribution >= 0.6 is 0 Å². The number of hydrogen-bond donors (Lipinski definition) is 1. The topological polar surface area (TPSA) is 41.6 Å². The molecule has 0 saturated carbocycles. The van der Waals surface area contributed by atoms with Crippen LogP contribution < -0.4 is 15.0 Å². The zero-order valence-corrected chi connectivity index (χ0v) is 15.7. The number of rotatable bonds is 3. The van der Waals surface area contributed by atoms with Crippen LogP contribution in [0.4, 0.5) is 5.69 Å². The fourth-order valence-electron chi connectivity index (χ4n) is 4.25. The summed E-state index contributed by atoms with van der Waals surface area (Å²) in [6.45, 7) is 6.89. The van der Waals surface area contributed by atoms with Gasteiger partial charge in [-0.1, -0.05) is 49.8 Å². The summed E-state index contributed by atoms with van der Waals surface area (Å²) in [6.07, 6.45) is 4.20. The van der Waals surface area contributed by atoms with Crippen LogP contribution in [0, 0.1) is 6.92 Å².